The summed E-state index contributed by atoms with van der Waals surface area (Å²) in [4.78, 5) is 0. The van der Waals surface area contributed by atoms with Gasteiger partial charge in [0.25, 0.3) is 0 Å². The minimum Gasteiger partial charge on any atom is -0.396 e. The van der Waals surface area contributed by atoms with Gasteiger partial charge in [0.15, 0.2) is 0 Å². The van der Waals surface area contributed by atoms with Crippen molar-refractivity contribution < 1.29 is 5.11 Å². The fraction of sp³-hybridized carbons (Fsp3) is 0.467. The Balaban J connectivity index is 2.27. The molecule has 0 heterocycles. The van der Waals surface area contributed by atoms with E-state index in [2.05, 4.69) is 31.0 Å². The van der Waals surface area contributed by atoms with Gasteiger partial charge < -0.3 is 10.4 Å². The molecule has 0 saturated carbocycles. The summed E-state index contributed by atoms with van der Waals surface area (Å²) in [6.07, 6.45) is 0.812. The Morgan fingerprint density at radius 2 is 1.94 bits per heavy atom. The highest BCUT2D eigenvalue weighted by molar-refractivity contribution is 5.33. The molecule has 0 atom stereocenters. The molecule has 0 radical (unpaired) electrons. The summed E-state index contributed by atoms with van der Waals surface area (Å²) in [6.45, 7) is 6.08. The molecule has 0 unspecified atom stereocenters. The molecule has 2 N–H and O–H groups in total. The summed E-state index contributed by atoms with van der Waals surface area (Å²) in [5.41, 5.74) is 1.17. The largest absolute Gasteiger partial charge is 0.396 e. The van der Waals surface area contributed by atoms with Crippen molar-refractivity contribution >= 4 is 0 Å². The molecule has 0 fully saturated rings. The maximum atomic E-state index is 8.90. The fourth-order valence-corrected chi connectivity index (χ4v) is 1.52. The van der Waals surface area contributed by atoms with E-state index in [0.717, 1.165) is 18.5 Å². The molecule has 92 valence electrons. The molecule has 0 spiro atoms. The van der Waals surface area contributed by atoms with Crippen molar-refractivity contribution in [1.29, 1.82) is 0 Å². The maximum Gasteiger partial charge on any atom is 0.0580 e. The van der Waals surface area contributed by atoms with E-state index in [9.17, 15) is 0 Å². The second-order valence-corrected chi connectivity index (χ2v) is 4.91. The first-order chi connectivity index (χ1) is 8.14. The summed E-state index contributed by atoms with van der Waals surface area (Å²) in [6, 6.07) is 9.97. The number of nitrogens with one attached hydrogen (secondary N) is 1. The molecule has 0 aliphatic rings. The van der Waals surface area contributed by atoms with E-state index in [-0.39, 0.29) is 12.0 Å². The van der Waals surface area contributed by atoms with Crippen LogP contribution in [0.15, 0.2) is 30.3 Å². The highest BCUT2D eigenvalue weighted by atomic mass is 16.3. The van der Waals surface area contributed by atoms with Crippen LogP contribution >= 0.6 is 0 Å². The van der Waals surface area contributed by atoms with Crippen LogP contribution in [0.2, 0.25) is 0 Å². The number of aliphatic hydroxyl groups excluding tert-OH is 1. The van der Waals surface area contributed by atoms with E-state index in [1.807, 2.05) is 30.3 Å². The van der Waals surface area contributed by atoms with Crippen molar-refractivity contribution in [2.45, 2.75) is 20.3 Å². The zero-order valence-corrected chi connectivity index (χ0v) is 10.7. The van der Waals surface area contributed by atoms with E-state index in [4.69, 9.17) is 5.11 Å². The van der Waals surface area contributed by atoms with Crippen LogP contribution in [0.1, 0.15) is 25.8 Å². The van der Waals surface area contributed by atoms with E-state index < -0.39 is 0 Å². The van der Waals surface area contributed by atoms with Gasteiger partial charge in [0.1, 0.15) is 0 Å². The predicted octanol–water partition coefficient (Wildman–Crippen LogP) is 2.04. The first kappa shape index (κ1) is 13.8. The van der Waals surface area contributed by atoms with E-state index in [0.29, 0.717) is 6.54 Å². The molecule has 17 heavy (non-hydrogen) atoms. The Hall–Kier alpha value is -1.30. The third-order valence-electron chi connectivity index (χ3n) is 2.61. The first-order valence-electron chi connectivity index (χ1n) is 5.99. The van der Waals surface area contributed by atoms with E-state index in [1.54, 1.807) is 0 Å². The van der Waals surface area contributed by atoms with Gasteiger partial charge in [-0.1, -0.05) is 43.9 Å². The van der Waals surface area contributed by atoms with Crippen molar-refractivity contribution in [3.8, 4) is 11.8 Å². The Labute approximate surface area is 104 Å². The van der Waals surface area contributed by atoms with Crippen molar-refractivity contribution in [1.82, 2.24) is 5.32 Å². The maximum absolute atomic E-state index is 8.90. The molecule has 0 aromatic heterocycles. The van der Waals surface area contributed by atoms with Gasteiger partial charge in [-0.2, -0.15) is 0 Å². The van der Waals surface area contributed by atoms with Gasteiger partial charge in [0.05, 0.1) is 6.54 Å². The van der Waals surface area contributed by atoms with E-state index in [1.165, 1.54) is 0 Å². The first-order valence-corrected chi connectivity index (χ1v) is 5.99. The minimum absolute atomic E-state index is 0.128. The number of hydrogen-bond acceptors (Lipinski definition) is 2. The van der Waals surface area contributed by atoms with Gasteiger partial charge in [0.2, 0.25) is 0 Å². The van der Waals surface area contributed by atoms with Crippen molar-refractivity contribution in [3.63, 3.8) is 0 Å². The van der Waals surface area contributed by atoms with Gasteiger partial charge >= 0.3 is 0 Å². The van der Waals surface area contributed by atoms with Crippen LogP contribution in [-0.4, -0.2) is 24.8 Å². The molecule has 1 rings (SSSR count). The van der Waals surface area contributed by atoms with Crippen molar-refractivity contribution in [2.24, 2.45) is 5.41 Å². The molecule has 0 saturated heterocycles. The molecule has 1 aromatic carbocycles. The van der Waals surface area contributed by atoms with Crippen LogP contribution in [0.3, 0.4) is 0 Å². The fourth-order valence-electron chi connectivity index (χ4n) is 1.52. The Kier molecular flexibility index (Phi) is 5.76. The van der Waals surface area contributed by atoms with E-state index >= 15 is 0 Å². The molecule has 0 amide bonds. The second-order valence-electron chi connectivity index (χ2n) is 4.91. The van der Waals surface area contributed by atoms with Crippen LogP contribution in [0, 0.1) is 17.3 Å². The molecular formula is C15H21NO. The lowest BCUT2D eigenvalue weighted by atomic mass is 9.90. The van der Waals surface area contributed by atoms with Crippen molar-refractivity contribution in [3.05, 3.63) is 35.9 Å². The van der Waals surface area contributed by atoms with Crippen LogP contribution in [-0.2, 0) is 0 Å². The molecule has 1 aromatic rings. The van der Waals surface area contributed by atoms with Gasteiger partial charge in [0, 0.05) is 18.7 Å². The Bertz CT molecular complexity index is 373. The van der Waals surface area contributed by atoms with Crippen molar-refractivity contribution in [2.75, 3.05) is 19.7 Å². The predicted molar refractivity (Wildman–Crippen MR) is 71.7 cm³/mol. The number of benzene rings is 1. The molecule has 2 heteroatoms. The number of aliphatic hydroxyl groups is 1. The van der Waals surface area contributed by atoms with Crippen LogP contribution in [0.25, 0.3) is 0 Å². The lowest BCUT2D eigenvalue weighted by Gasteiger charge is -2.23. The highest BCUT2D eigenvalue weighted by Gasteiger charge is 2.15. The van der Waals surface area contributed by atoms with Gasteiger partial charge in [-0.3, -0.25) is 0 Å². The molecule has 0 aliphatic carbocycles. The van der Waals surface area contributed by atoms with Crippen LogP contribution in [0.4, 0.5) is 0 Å². The minimum atomic E-state index is 0.128. The zero-order chi connectivity index (χ0) is 12.6. The molecular weight excluding hydrogens is 210 g/mol. The molecule has 0 aliphatic heterocycles. The Morgan fingerprint density at radius 3 is 2.59 bits per heavy atom. The quantitative estimate of drug-likeness (QED) is 0.600. The van der Waals surface area contributed by atoms with Gasteiger partial charge in [-0.15, -0.1) is 0 Å². The molecule has 2 nitrogen and oxygen atoms in total. The van der Waals surface area contributed by atoms with Gasteiger partial charge in [-0.05, 0) is 24.0 Å². The Morgan fingerprint density at radius 1 is 1.24 bits per heavy atom. The summed E-state index contributed by atoms with van der Waals surface area (Å²) in [5, 5.41) is 12.2. The lowest BCUT2D eigenvalue weighted by molar-refractivity contribution is 0.209. The summed E-state index contributed by atoms with van der Waals surface area (Å²) < 4.78 is 0. The second kappa shape index (κ2) is 7.11. The average Bonchev–Trinajstić information content (AvgIpc) is 2.30. The monoisotopic (exact) mass is 231 g/mol. The highest BCUT2D eigenvalue weighted by Crippen LogP contribution is 2.17. The van der Waals surface area contributed by atoms with Gasteiger partial charge in [-0.25, -0.2) is 0 Å². The summed E-state index contributed by atoms with van der Waals surface area (Å²) >= 11 is 0. The standard InChI is InChI=1S/C15H21NO/c1-15(2,10-12-17)13-16-11-6-9-14-7-4-3-5-8-14/h3-5,7-8,16-17H,10-13H2,1-2H3. The summed E-state index contributed by atoms with van der Waals surface area (Å²) in [5.74, 6) is 6.19. The lowest BCUT2D eigenvalue weighted by Crippen LogP contribution is -2.30. The third kappa shape index (κ3) is 6.11. The third-order valence-corrected chi connectivity index (χ3v) is 2.61. The normalized spacial score (nSPS) is 10.8. The zero-order valence-electron chi connectivity index (χ0n) is 10.7. The number of hydrogen-bond donors (Lipinski definition) is 2. The van der Waals surface area contributed by atoms with Crippen LogP contribution in [0.5, 0.6) is 0 Å². The SMILES string of the molecule is CC(C)(CCO)CNCC#Cc1ccccc1. The summed E-state index contributed by atoms with van der Waals surface area (Å²) in [7, 11) is 0. The smallest absolute Gasteiger partial charge is 0.0580 e. The average molecular weight is 231 g/mol. The molecule has 0 bridgehead atoms. The number of rotatable bonds is 5. The topological polar surface area (TPSA) is 32.3 Å². The van der Waals surface area contributed by atoms with Crippen LogP contribution < -0.4 is 5.32 Å².